The summed E-state index contributed by atoms with van der Waals surface area (Å²) in [6, 6.07) is 11.2. The van der Waals surface area contributed by atoms with Crippen molar-refractivity contribution in [2.75, 3.05) is 26.6 Å². The van der Waals surface area contributed by atoms with Crippen molar-refractivity contribution in [3.8, 4) is 28.4 Å². The molecule has 166 valence electrons. The van der Waals surface area contributed by atoms with Gasteiger partial charge in [-0.2, -0.15) is 0 Å². The van der Waals surface area contributed by atoms with E-state index in [0.717, 1.165) is 21.6 Å². The Labute approximate surface area is 189 Å². The molecule has 1 aromatic heterocycles. The number of aryl methyl sites for hydroxylation is 1. The lowest BCUT2D eigenvalue weighted by Gasteiger charge is -2.25. The fourth-order valence-corrected chi connectivity index (χ4v) is 5.25. The number of hydrogen-bond donors (Lipinski definition) is 2. The van der Waals surface area contributed by atoms with Crippen molar-refractivity contribution in [3.63, 3.8) is 0 Å². The molecule has 4 rings (SSSR count). The average molecular weight is 454 g/mol. The number of ether oxygens (including phenoxy) is 3. The summed E-state index contributed by atoms with van der Waals surface area (Å²) in [7, 11) is 4.59. The minimum absolute atomic E-state index is 0.179. The number of anilines is 1. The molecule has 32 heavy (non-hydrogen) atoms. The Morgan fingerprint density at radius 2 is 1.69 bits per heavy atom. The zero-order valence-electron chi connectivity index (χ0n) is 18.1. The fraction of sp³-hybridized carbons (Fsp3) is 0.250. The molecule has 1 aliphatic heterocycles. The fourth-order valence-electron chi connectivity index (χ4n) is 4.00. The quantitative estimate of drug-likeness (QED) is 0.550. The molecule has 8 heteroatoms. The standard InChI is InChI=1S/C24H23NO6S/c1-12-5-7-13(8-6-12)19-20-22(32-23(19)24(27)28)15(11-18(26)25-20)14-9-16(29-2)21(31-4)17(10-14)30-3/h5-10,15H,11H2,1-4H3,(H,25,26)(H,27,28)/t15-/m0/s1. The van der Waals surface area contributed by atoms with Crippen molar-refractivity contribution in [3.05, 3.63) is 57.3 Å². The molecule has 0 aliphatic carbocycles. The van der Waals surface area contributed by atoms with Crippen molar-refractivity contribution < 1.29 is 28.9 Å². The van der Waals surface area contributed by atoms with Crippen LogP contribution in [0.1, 0.15) is 38.0 Å². The highest BCUT2D eigenvalue weighted by Gasteiger charge is 2.35. The molecule has 0 saturated carbocycles. The molecule has 3 aromatic rings. The number of benzene rings is 2. The van der Waals surface area contributed by atoms with Gasteiger partial charge in [0.1, 0.15) is 4.88 Å². The average Bonchev–Trinajstić information content (AvgIpc) is 3.17. The Kier molecular flexibility index (Phi) is 5.80. The van der Waals surface area contributed by atoms with Crippen molar-refractivity contribution in [1.82, 2.24) is 0 Å². The summed E-state index contributed by atoms with van der Waals surface area (Å²) < 4.78 is 16.4. The van der Waals surface area contributed by atoms with E-state index in [2.05, 4.69) is 5.32 Å². The molecular formula is C24H23NO6S. The summed E-state index contributed by atoms with van der Waals surface area (Å²) in [6.45, 7) is 1.97. The van der Waals surface area contributed by atoms with E-state index in [1.54, 1.807) is 12.1 Å². The summed E-state index contributed by atoms with van der Waals surface area (Å²) in [4.78, 5) is 25.8. The number of carbonyl (C=O) groups is 2. The third-order valence-corrected chi connectivity index (χ3v) is 6.82. The lowest BCUT2D eigenvalue weighted by Crippen LogP contribution is -2.22. The topological polar surface area (TPSA) is 94.1 Å². The van der Waals surface area contributed by atoms with Crippen LogP contribution in [0.5, 0.6) is 17.2 Å². The Bertz CT molecular complexity index is 1170. The van der Waals surface area contributed by atoms with Gasteiger partial charge in [-0.3, -0.25) is 4.79 Å². The van der Waals surface area contributed by atoms with E-state index in [-0.39, 0.29) is 23.1 Å². The maximum absolute atomic E-state index is 12.7. The Hall–Kier alpha value is -3.52. The third-order valence-electron chi connectivity index (χ3n) is 5.53. The molecule has 0 fully saturated rings. The first-order valence-corrected chi connectivity index (χ1v) is 10.8. The van der Waals surface area contributed by atoms with Crippen molar-refractivity contribution >= 4 is 28.9 Å². The van der Waals surface area contributed by atoms with E-state index in [1.807, 2.05) is 31.2 Å². The molecule has 1 aliphatic rings. The predicted molar refractivity (Wildman–Crippen MR) is 123 cm³/mol. The highest BCUT2D eigenvalue weighted by atomic mass is 32.1. The summed E-state index contributed by atoms with van der Waals surface area (Å²) in [5, 5.41) is 12.8. The summed E-state index contributed by atoms with van der Waals surface area (Å²) in [5.41, 5.74) is 3.67. The van der Waals surface area contributed by atoms with Gasteiger partial charge in [-0.05, 0) is 30.2 Å². The lowest BCUT2D eigenvalue weighted by molar-refractivity contribution is -0.116. The number of carbonyl (C=O) groups excluding carboxylic acids is 1. The Morgan fingerprint density at radius 3 is 2.22 bits per heavy atom. The predicted octanol–water partition coefficient (Wildman–Crippen LogP) is 4.92. The number of fused-ring (bicyclic) bond motifs is 1. The number of hydrogen-bond acceptors (Lipinski definition) is 6. The van der Waals surface area contributed by atoms with Gasteiger partial charge in [-0.25, -0.2) is 4.79 Å². The van der Waals surface area contributed by atoms with Crippen molar-refractivity contribution in [1.29, 1.82) is 0 Å². The number of methoxy groups -OCH3 is 3. The molecule has 0 bridgehead atoms. The maximum Gasteiger partial charge on any atom is 0.346 e. The van der Waals surface area contributed by atoms with Gasteiger partial charge < -0.3 is 24.6 Å². The van der Waals surface area contributed by atoms with Crippen LogP contribution in [-0.2, 0) is 4.79 Å². The number of thiophene rings is 1. The molecule has 0 spiro atoms. The summed E-state index contributed by atoms with van der Waals surface area (Å²) >= 11 is 1.18. The van der Waals surface area contributed by atoms with Crippen LogP contribution < -0.4 is 19.5 Å². The molecule has 0 radical (unpaired) electrons. The second-order valence-corrected chi connectivity index (χ2v) is 8.53. The molecule has 2 heterocycles. The number of carboxylic acid groups (broad SMARTS) is 1. The Morgan fingerprint density at radius 1 is 1.06 bits per heavy atom. The minimum atomic E-state index is -1.03. The molecule has 2 N–H and O–H groups in total. The smallest absolute Gasteiger partial charge is 0.346 e. The molecule has 2 aromatic carbocycles. The number of rotatable bonds is 6. The van der Waals surface area contributed by atoms with Gasteiger partial charge in [0.15, 0.2) is 11.5 Å². The van der Waals surface area contributed by atoms with Gasteiger partial charge in [0, 0.05) is 22.8 Å². The SMILES string of the molecule is COc1cc([C@@H]2CC(=O)Nc3c2sc(C(=O)O)c3-c2ccc(C)cc2)cc(OC)c1OC. The van der Waals surface area contributed by atoms with Crippen LogP contribution in [0.2, 0.25) is 0 Å². The van der Waals surface area contributed by atoms with E-state index < -0.39 is 5.97 Å². The first-order valence-electron chi connectivity index (χ1n) is 9.94. The van der Waals surface area contributed by atoms with Crippen LogP contribution in [0.3, 0.4) is 0 Å². The van der Waals surface area contributed by atoms with Gasteiger partial charge >= 0.3 is 5.97 Å². The van der Waals surface area contributed by atoms with Gasteiger partial charge in [-0.1, -0.05) is 29.8 Å². The highest BCUT2D eigenvalue weighted by molar-refractivity contribution is 7.15. The largest absolute Gasteiger partial charge is 0.493 e. The van der Waals surface area contributed by atoms with Crippen LogP contribution in [0.25, 0.3) is 11.1 Å². The Balaban J connectivity index is 1.93. The van der Waals surface area contributed by atoms with Crippen LogP contribution >= 0.6 is 11.3 Å². The molecular weight excluding hydrogens is 430 g/mol. The molecule has 0 unspecified atom stereocenters. The second kappa shape index (κ2) is 8.55. The molecule has 1 atom stereocenters. The van der Waals surface area contributed by atoms with Crippen molar-refractivity contribution in [2.24, 2.45) is 0 Å². The molecule has 7 nitrogen and oxygen atoms in total. The van der Waals surface area contributed by atoms with E-state index >= 15 is 0 Å². The zero-order valence-corrected chi connectivity index (χ0v) is 19.0. The number of aromatic carboxylic acids is 1. The summed E-state index contributed by atoms with van der Waals surface area (Å²) in [5.74, 6) is -0.157. The van der Waals surface area contributed by atoms with Crippen molar-refractivity contribution in [2.45, 2.75) is 19.3 Å². The van der Waals surface area contributed by atoms with Gasteiger partial charge in [-0.15, -0.1) is 11.3 Å². The highest BCUT2D eigenvalue weighted by Crippen LogP contribution is 2.51. The van der Waals surface area contributed by atoms with Gasteiger partial charge in [0.2, 0.25) is 11.7 Å². The van der Waals surface area contributed by atoms with E-state index in [9.17, 15) is 14.7 Å². The second-order valence-electron chi connectivity index (χ2n) is 7.48. The van der Waals surface area contributed by atoms with Gasteiger partial charge in [0.25, 0.3) is 0 Å². The number of carboxylic acids is 1. The molecule has 1 amide bonds. The van der Waals surface area contributed by atoms with E-state index in [4.69, 9.17) is 14.2 Å². The third kappa shape index (κ3) is 3.67. The normalized spacial score (nSPS) is 15.0. The number of amides is 1. The monoisotopic (exact) mass is 453 g/mol. The minimum Gasteiger partial charge on any atom is -0.493 e. The van der Waals surface area contributed by atoms with E-state index in [1.165, 1.54) is 32.7 Å². The van der Waals surface area contributed by atoms with Crippen LogP contribution in [0.15, 0.2) is 36.4 Å². The van der Waals surface area contributed by atoms with Crippen LogP contribution in [0, 0.1) is 6.92 Å². The van der Waals surface area contributed by atoms with Crippen LogP contribution in [0.4, 0.5) is 5.69 Å². The first kappa shape index (κ1) is 21.7. The van der Waals surface area contributed by atoms with Crippen LogP contribution in [-0.4, -0.2) is 38.3 Å². The maximum atomic E-state index is 12.7. The number of nitrogens with one attached hydrogen (secondary N) is 1. The molecule has 0 saturated heterocycles. The summed E-state index contributed by atoms with van der Waals surface area (Å²) in [6.07, 6.45) is 0.179. The lowest BCUT2D eigenvalue weighted by atomic mass is 9.88. The first-order chi connectivity index (χ1) is 15.4. The van der Waals surface area contributed by atoms with E-state index in [0.29, 0.717) is 28.5 Å². The van der Waals surface area contributed by atoms with Gasteiger partial charge in [0.05, 0.1) is 27.0 Å². The zero-order chi connectivity index (χ0) is 23.0.